The summed E-state index contributed by atoms with van der Waals surface area (Å²) in [6.45, 7) is 19.1. The Morgan fingerprint density at radius 2 is 1.09 bits per heavy atom. The van der Waals surface area contributed by atoms with E-state index >= 15 is 0 Å². The molecule has 1 fully saturated rings. The molecule has 0 aromatic heterocycles. The molecule has 4 rings (SSSR count). The third-order valence-electron chi connectivity index (χ3n) is 13.0. The largest absolute Gasteiger partial charge is 0.409 e. The fraction of sp³-hybridized carbons (Fsp3) is 0.649. The third-order valence-corrected chi connectivity index (χ3v) is 18.6. The van der Waals surface area contributed by atoms with Crippen molar-refractivity contribution in [1.82, 2.24) is 0 Å². The molecule has 1 heterocycles. The fourth-order valence-corrected chi connectivity index (χ4v) is 10.4. The molecule has 0 aliphatic carbocycles. The Morgan fingerprint density at radius 1 is 0.609 bits per heavy atom. The van der Waals surface area contributed by atoms with Gasteiger partial charge in [-0.1, -0.05) is 216 Å². The van der Waals surface area contributed by atoms with Gasteiger partial charge < -0.3 is 32.8 Å². The standard InChI is InChI=1S/C57H90O10SSi/c1-9-10-11-12-13-14-15-16-17-18-19-20-21-31-38-60-43-51(67-69(7,8)57(4,5)6)44-64-56-55(63-42-50-36-29-24-30-37-50)52(46-68(58,59)65-39-47(2)3)54(62-41-49-34-27-23-28-35-49)53(66-56)45-61-40-48-32-25-22-26-33-48/h22-30,32-37,46-47,51,53-56H,9-21,31,38-45H2,1-8H3/b52-46+/t51-,53-,54-,55-,56-/m1/s1. The summed E-state index contributed by atoms with van der Waals surface area (Å²) in [5, 5.41) is 1.10. The van der Waals surface area contributed by atoms with Crippen LogP contribution in [0.4, 0.5) is 0 Å². The Hall–Kier alpha value is -2.75. The van der Waals surface area contributed by atoms with Gasteiger partial charge in [0.1, 0.15) is 18.3 Å². The van der Waals surface area contributed by atoms with E-state index in [9.17, 15) is 8.42 Å². The monoisotopic (exact) mass is 995 g/mol. The second-order valence-corrected chi connectivity index (χ2v) is 27.0. The van der Waals surface area contributed by atoms with Crippen molar-refractivity contribution >= 4 is 18.4 Å². The Balaban J connectivity index is 1.54. The molecule has 0 radical (unpaired) electrons. The number of benzene rings is 3. The molecule has 3 aromatic carbocycles. The molecule has 0 bridgehead atoms. The van der Waals surface area contributed by atoms with Gasteiger partial charge in [-0.2, -0.15) is 8.42 Å². The molecule has 12 heteroatoms. The van der Waals surface area contributed by atoms with E-state index in [1.54, 1.807) is 0 Å². The van der Waals surface area contributed by atoms with Crippen molar-refractivity contribution in [2.24, 2.45) is 5.92 Å². The van der Waals surface area contributed by atoms with Gasteiger partial charge in [-0.3, -0.25) is 4.18 Å². The second kappa shape index (κ2) is 32.3. The van der Waals surface area contributed by atoms with Crippen molar-refractivity contribution in [2.45, 2.75) is 200 Å². The SMILES string of the molecule is CCCCCCCCCCCCCCCCOC[C@H](CO[C@@H]1O[C@H](COCc2ccccc2)[C@H](OCc2ccccc2)/C(=C\S(=O)(=O)OCC(C)C)[C@H]1OCc1ccccc1)O[Si](C)(C)C(C)(C)C. The van der Waals surface area contributed by atoms with Crippen LogP contribution >= 0.6 is 0 Å². The number of hydrogen-bond acceptors (Lipinski definition) is 10. The van der Waals surface area contributed by atoms with Gasteiger partial charge in [0.2, 0.25) is 0 Å². The van der Waals surface area contributed by atoms with Crippen LogP contribution in [0.15, 0.2) is 102 Å². The zero-order valence-corrected chi connectivity index (χ0v) is 45.6. The smallest absolute Gasteiger partial charge is 0.290 e. The van der Waals surface area contributed by atoms with Crippen molar-refractivity contribution < 1.29 is 45.4 Å². The van der Waals surface area contributed by atoms with E-state index in [0.29, 0.717) is 25.4 Å². The lowest BCUT2D eigenvalue weighted by Gasteiger charge is -2.43. The van der Waals surface area contributed by atoms with E-state index in [2.05, 4.69) is 40.8 Å². The van der Waals surface area contributed by atoms with E-state index in [1.807, 2.05) is 105 Å². The normalized spacial score (nSPS) is 19.1. The predicted octanol–water partition coefficient (Wildman–Crippen LogP) is 13.9. The number of hydrogen-bond donors (Lipinski definition) is 0. The van der Waals surface area contributed by atoms with Gasteiger partial charge in [0.05, 0.1) is 57.8 Å². The minimum atomic E-state index is -4.24. The maximum atomic E-state index is 13.9. The van der Waals surface area contributed by atoms with Crippen LogP contribution in [-0.4, -0.2) is 80.5 Å². The average molecular weight is 995 g/mol. The zero-order valence-electron chi connectivity index (χ0n) is 43.7. The summed E-state index contributed by atoms with van der Waals surface area (Å²) in [7, 11) is -6.54. The van der Waals surface area contributed by atoms with Crippen LogP contribution in [0.1, 0.15) is 148 Å². The Morgan fingerprint density at radius 3 is 1.58 bits per heavy atom. The summed E-state index contributed by atoms with van der Waals surface area (Å²) in [5.41, 5.74) is 3.14. The van der Waals surface area contributed by atoms with Crippen LogP contribution in [0.5, 0.6) is 0 Å². The second-order valence-electron chi connectivity index (χ2n) is 20.8. The molecule has 0 unspecified atom stereocenters. The minimum Gasteiger partial charge on any atom is -0.409 e. The van der Waals surface area contributed by atoms with Crippen molar-refractivity contribution in [3.05, 3.63) is 119 Å². The molecule has 10 nitrogen and oxygen atoms in total. The van der Waals surface area contributed by atoms with Gasteiger partial charge in [0.15, 0.2) is 14.6 Å². The summed E-state index contributed by atoms with van der Waals surface area (Å²) < 4.78 is 80.3. The molecule has 388 valence electrons. The quantitative estimate of drug-likeness (QED) is 0.0317. The van der Waals surface area contributed by atoms with Crippen LogP contribution in [0.3, 0.4) is 0 Å². The van der Waals surface area contributed by atoms with Gasteiger partial charge in [0, 0.05) is 12.2 Å². The van der Waals surface area contributed by atoms with Crippen LogP contribution in [-0.2, 0) is 67.0 Å². The Labute approximate surface area is 419 Å². The summed E-state index contributed by atoms with van der Waals surface area (Å²) in [5.74, 6) is -0.0206. The molecule has 1 aliphatic heterocycles. The highest BCUT2D eigenvalue weighted by Gasteiger charge is 2.46. The highest BCUT2D eigenvalue weighted by molar-refractivity contribution is 7.89. The maximum absolute atomic E-state index is 13.9. The van der Waals surface area contributed by atoms with Gasteiger partial charge in [-0.05, 0) is 47.2 Å². The lowest BCUT2D eigenvalue weighted by molar-refractivity contribution is -0.274. The summed E-state index contributed by atoms with van der Waals surface area (Å²) in [6.07, 6.45) is 14.0. The first-order chi connectivity index (χ1) is 33.2. The first-order valence-corrected chi connectivity index (χ1v) is 30.6. The number of unbranched alkanes of at least 4 members (excludes halogenated alkanes) is 13. The van der Waals surface area contributed by atoms with Gasteiger partial charge >= 0.3 is 0 Å². The number of rotatable bonds is 36. The molecule has 0 N–H and O–H groups in total. The predicted molar refractivity (Wildman–Crippen MR) is 282 cm³/mol. The van der Waals surface area contributed by atoms with Crippen LogP contribution in [0, 0.1) is 5.92 Å². The first kappa shape index (κ1) is 58.8. The summed E-state index contributed by atoms with van der Waals surface area (Å²) in [4.78, 5) is 0. The van der Waals surface area contributed by atoms with Crippen LogP contribution in [0.2, 0.25) is 18.1 Å². The number of ether oxygens (including phenoxy) is 6. The van der Waals surface area contributed by atoms with E-state index in [4.69, 9.17) is 37.0 Å². The first-order valence-electron chi connectivity index (χ1n) is 26.2. The van der Waals surface area contributed by atoms with Crippen molar-refractivity contribution in [1.29, 1.82) is 0 Å². The van der Waals surface area contributed by atoms with Gasteiger partial charge in [-0.25, -0.2) is 0 Å². The van der Waals surface area contributed by atoms with Crippen LogP contribution in [0.25, 0.3) is 0 Å². The van der Waals surface area contributed by atoms with E-state index in [1.165, 1.54) is 77.0 Å². The lowest BCUT2D eigenvalue weighted by atomic mass is 9.96. The average Bonchev–Trinajstić information content (AvgIpc) is 3.32. The highest BCUT2D eigenvalue weighted by Crippen LogP contribution is 2.38. The molecular formula is C57H90O10SSi. The maximum Gasteiger partial charge on any atom is 0.290 e. The molecule has 0 amide bonds. The topological polar surface area (TPSA) is 108 Å². The van der Waals surface area contributed by atoms with Gasteiger partial charge in [-0.15, -0.1) is 0 Å². The van der Waals surface area contributed by atoms with Crippen LogP contribution < -0.4 is 0 Å². The zero-order chi connectivity index (χ0) is 49.8. The Bertz CT molecular complexity index is 1910. The molecule has 0 spiro atoms. The summed E-state index contributed by atoms with van der Waals surface area (Å²) >= 11 is 0. The fourth-order valence-electron chi connectivity index (χ4n) is 7.96. The minimum absolute atomic E-state index is 0.0169. The lowest BCUT2D eigenvalue weighted by Crippen LogP contribution is -2.55. The van der Waals surface area contributed by atoms with E-state index in [-0.39, 0.29) is 44.0 Å². The molecule has 1 aliphatic rings. The van der Waals surface area contributed by atoms with Crippen molar-refractivity contribution in [2.75, 3.05) is 33.0 Å². The molecule has 69 heavy (non-hydrogen) atoms. The molecule has 1 saturated heterocycles. The van der Waals surface area contributed by atoms with Gasteiger partial charge in [0.25, 0.3) is 10.1 Å². The summed E-state index contributed by atoms with van der Waals surface area (Å²) in [6, 6.07) is 29.4. The molecule has 3 aromatic rings. The molecule has 0 saturated carbocycles. The van der Waals surface area contributed by atoms with E-state index < -0.39 is 49.1 Å². The van der Waals surface area contributed by atoms with Crippen molar-refractivity contribution in [3.8, 4) is 0 Å². The van der Waals surface area contributed by atoms with Crippen molar-refractivity contribution in [3.63, 3.8) is 0 Å². The highest BCUT2D eigenvalue weighted by atomic mass is 32.2. The van der Waals surface area contributed by atoms with E-state index in [0.717, 1.165) is 34.9 Å². The third kappa shape index (κ3) is 23.6. The molecule has 5 atom stereocenters. The Kier molecular flexibility index (Phi) is 27.6. The molecular weight excluding hydrogens is 905 g/mol.